The highest BCUT2D eigenvalue weighted by atomic mass is 32.1. The molecule has 1 aliphatic heterocycles. The first-order chi connectivity index (χ1) is 11.7. The lowest BCUT2D eigenvalue weighted by molar-refractivity contribution is 0.0935. The Morgan fingerprint density at radius 1 is 1.25 bits per heavy atom. The van der Waals surface area contributed by atoms with Crippen LogP contribution < -0.4 is 10.1 Å². The zero-order chi connectivity index (χ0) is 16.8. The molecule has 5 heteroatoms. The van der Waals surface area contributed by atoms with Crippen molar-refractivity contribution in [1.82, 2.24) is 10.2 Å². The van der Waals surface area contributed by atoms with Gasteiger partial charge in [-0.05, 0) is 78.5 Å². The molecule has 24 heavy (non-hydrogen) atoms. The molecule has 1 aromatic heterocycles. The zero-order valence-corrected chi connectivity index (χ0v) is 14.8. The molecule has 0 unspecified atom stereocenters. The fraction of sp³-hybridized carbons (Fsp3) is 0.421. The summed E-state index contributed by atoms with van der Waals surface area (Å²) in [6.45, 7) is 4.03. The van der Waals surface area contributed by atoms with Crippen LogP contribution in [0.2, 0.25) is 0 Å². The largest absolute Gasteiger partial charge is 0.497 e. The molecule has 2 heterocycles. The summed E-state index contributed by atoms with van der Waals surface area (Å²) >= 11 is 1.76. The molecule has 0 bridgehead atoms. The van der Waals surface area contributed by atoms with E-state index in [4.69, 9.17) is 4.74 Å². The molecular weight excluding hydrogens is 320 g/mol. The lowest BCUT2D eigenvalue weighted by Crippen LogP contribution is -2.38. The third-order valence-electron chi connectivity index (χ3n) is 4.60. The van der Waals surface area contributed by atoms with Crippen molar-refractivity contribution < 1.29 is 9.53 Å². The number of carbonyl (C=O) groups is 1. The van der Waals surface area contributed by atoms with E-state index in [1.54, 1.807) is 30.6 Å². The van der Waals surface area contributed by atoms with Gasteiger partial charge in [-0.2, -0.15) is 11.3 Å². The van der Waals surface area contributed by atoms with Gasteiger partial charge in [0.15, 0.2) is 0 Å². The molecule has 2 aromatic rings. The molecule has 0 aliphatic carbocycles. The summed E-state index contributed by atoms with van der Waals surface area (Å²) in [6, 6.07) is 9.44. The molecule has 1 amide bonds. The van der Waals surface area contributed by atoms with Gasteiger partial charge in [-0.3, -0.25) is 9.69 Å². The summed E-state index contributed by atoms with van der Waals surface area (Å²) in [5.74, 6) is 1.34. The van der Waals surface area contributed by atoms with Gasteiger partial charge in [-0.25, -0.2) is 0 Å². The number of benzene rings is 1. The average Bonchev–Trinajstić information content (AvgIpc) is 3.14. The normalized spacial score (nSPS) is 16.0. The van der Waals surface area contributed by atoms with Crippen LogP contribution in [0.5, 0.6) is 5.75 Å². The second-order valence-corrected chi connectivity index (χ2v) is 7.07. The number of piperidine rings is 1. The summed E-state index contributed by atoms with van der Waals surface area (Å²) in [4.78, 5) is 14.7. The molecule has 1 N–H and O–H groups in total. The van der Waals surface area contributed by atoms with Crippen LogP contribution in [-0.4, -0.2) is 37.6 Å². The van der Waals surface area contributed by atoms with Crippen LogP contribution in [-0.2, 0) is 6.54 Å². The lowest BCUT2D eigenvalue weighted by Gasteiger charge is -2.31. The predicted octanol–water partition coefficient (Wildman–Crippen LogP) is 3.40. The highest BCUT2D eigenvalue weighted by molar-refractivity contribution is 7.07. The fourth-order valence-electron chi connectivity index (χ4n) is 3.07. The van der Waals surface area contributed by atoms with Crippen LogP contribution in [0.4, 0.5) is 0 Å². The highest BCUT2D eigenvalue weighted by Gasteiger charge is 2.20. The van der Waals surface area contributed by atoms with Crippen molar-refractivity contribution in [2.45, 2.75) is 19.4 Å². The maximum absolute atomic E-state index is 12.2. The Labute approximate surface area is 147 Å². The van der Waals surface area contributed by atoms with Crippen molar-refractivity contribution in [2.75, 3.05) is 26.7 Å². The van der Waals surface area contributed by atoms with Crippen LogP contribution in [0, 0.1) is 5.92 Å². The van der Waals surface area contributed by atoms with Gasteiger partial charge in [0.1, 0.15) is 5.75 Å². The van der Waals surface area contributed by atoms with Crippen molar-refractivity contribution in [3.8, 4) is 5.75 Å². The second kappa shape index (κ2) is 8.31. The van der Waals surface area contributed by atoms with E-state index in [2.05, 4.69) is 27.0 Å². The minimum atomic E-state index is -0.00152. The molecule has 1 saturated heterocycles. The molecule has 1 aromatic carbocycles. The first kappa shape index (κ1) is 17.0. The van der Waals surface area contributed by atoms with Crippen molar-refractivity contribution in [3.05, 3.63) is 52.2 Å². The smallest absolute Gasteiger partial charge is 0.251 e. The van der Waals surface area contributed by atoms with Gasteiger partial charge in [-0.15, -0.1) is 0 Å². The molecule has 0 atom stereocenters. The van der Waals surface area contributed by atoms with E-state index >= 15 is 0 Å². The molecule has 0 radical (unpaired) electrons. The highest BCUT2D eigenvalue weighted by Crippen LogP contribution is 2.19. The van der Waals surface area contributed by atoms with Crippen molar-refractivity contribution >= 4 is 17.2 Å². The van der Waals surface area contributed by atoms with Crippen molar-refractivity contribution in [2.24, 2.45) is 5.92 Å². The van der Waals surface area contributed by atoms with Gasteiger partial charge in [-0.1, -0.05) is 0 Å². The van der Waals surface area contributed by atoms with Gasteiger partial charge in [0.25, 0.3) is 5.91 Å². The van der Waals surface area contributed by atoms with Crippen molar-refractivity contribution in [1.29, 1.82) is 0 Å². The zero-order valence-electron chi connectivity index (χ0n) is 14.0. The maximum Gasteiger partial charge on any atom is 0.251 e. The first-order valence-corrected chi connectivity index (χ1v) is 9.34. The Hall–Kier alpha value is -1.85. The Kier molecular flexibility index (Phi) is 5.88. The molecular formula is C19H24N2O2S. The van der Waals surface area contributed by atoms with Gasteiger partial charge in [0, 0.05) is 18.7 Å². The van der Waals surface area contributed by atoms with Gasteiger partial charge >= 0.3 is 0 Å². The van der Waals surface area contributed by atoms with Crippen LogP contribution in [0.3, 0.4) is 0 Å². The summed E-state index contributed by atoms with van der Waals surface area (Å²) < 4.78 is 5.12. The Balaban J connectivity index is 1.40. The standard InChI is InChI=1S/C19H24N2O2S/c1-23-18-4-2-17(3-5-18)19(22)20-12-15-6-9-21(10-7-15)13-16-8-11-24-14-16/h2-5,8,11,14-15H,6-7,9-10,12-13H2,1H3,(H,20,22). The quantitative estimate of drug-likeness (QED) is 0.873. The number of amides is 1. The average molecular weight is 344 g/mol. The summed E-state index contributed by atoms with van der Waals surface area (Å²) in [5, 5.41) is 7.43. The van der Waals surface area contributed by atoms with E-state index in [0.29, 0.717) is 11.5 Å². The van der Waals surface area contributed by atoms with Crippen LogP contribution >= 0.6 is 11.3 Å². The number of carbonyl (C=O) groups excluding carboxylic acids is 1. The molecule has 1 aliphatic rings. The number of thiophene rings is 1. The fourth-order valence-corrected chi connectivity index (χ4v) is 3.73. The third-order valence-corrected chi connectivity index (χ3v) is 5.33. The summed E-state index contributed by atoms with van der Waals surface area (Å²) in [5.41, 5.74) is 2.09. The van der Waals surface area contributed by atoms with Crippen molar-refractivity contribution in [3.63, 3.8) is 0 Å². The second-order valence-electron chi connectivity index (χ2n) is 6.29. The predicted molar refractivity (Wildman–Crippen MR) is 97.6 cm³/mol. The molecule has 3 rings (SSSR count). The SMILES string of the molecule is COc1ccc(C(=O)NCC2CCN(Cc3ccsc3)CC2)cc1. The summed E-state index contributed by atoms with van der Waals surface area (Å²) in [7, 11) is 1.62. The van der Waals surface area contributed by atoms with Crippen LogP contribution in [0.15, 0.2) is 41.1 Å². The van der Waals surface area contributed by atoms with Gasteiger partial charge in [0.2, 0.25) is 0 Å². The lowest BCUT2D eigenvalue weighted by atomic mass is 9.96. The molecule has 128 valence electrons. The number of ether oxygens (including phenoxy) is 1. The monoisotopic (exact) mass is 344 g/mol. The number of nitrogens with zero attached hydrogens (tertiary/aromatic N) is 1. The summed E-state index contributed by atoms with van der Waals surface area (Å²) in [6.07, 6.45) is 2.29. The molecule has 0 spiro atoms. The Bertz CT molecular complexity index is 632. The van der Waals surface area contributed by atoms with E-state index in [1.807, 2.05) is 12.1 Å². The first-order valence-electron chi connectivity index (χ1n) is 8.40. The number of hydrogen-bond acceptors (Lipinski definition) is 4. The van der Waals surface area contributed by atoms with Gasteiger partial charge in [0.05, 0.1) is 7.11 Å². The van der Waals surface area contributed by atoms with E-state index in [0.717, 1.165) is 44.8 Å². The van der Waals surface area contributed by atoms with E-state index in [9.17, 15) is 4.79 Å². The van der Waals surface area contributed by atoms with E-state index in [-0.39, 0.29) is 5.91 Å². The van der Waals surface area contributed by atoms with Crippen LogP contribution in [0.25, 0.3) is 0 Å². The molecule has 1 fully saturated rings. The van der Waals surface area contributed by atoms with E-state index < -0.39 is 0 Å². The number of likely N-dealkylation sites (tertiary alicyclic amines) is 1. The number of nitrogens with one attached hydrogen (secondary N) is 1. The Morgan fingerprint density at radius 3 is 2.62 bits per heavy atom. The molecule has 0 saturated carbocycles. The number of rotatable bonds is 6. The van der Waals surface area contributed by atoms with E-state index in [1.165, 1.54) is 5.56 Å². The minimum Gasteiger partial charge on any atom is -0.497 e. The van der Waals surface area contributed by atoms with Crippen LogP contribution in [0.1, 0.15) is 28.8 Å². The molecule has 4 nitrogen and oxygen atoms in total. The topological polar surface area (TPSA) is 41.6 Å². The van der Waals surface area contributed by atoms with Gasteiger partial charge < -0.3 is 10.1 Å². The third kappa shape index (κ3) is 4.58. The maximum atomic E-state index is 12.2. The number of hydrogen-bond donors (Lipinski definition) is 1. The number of methoxy groups -OCH3 is 1. The Morgan fingerprint density at radius 2 is 2.00 bits per heavy atom. The minimum absolute atomic E-state index is 0.00152.